The molecule has 0 bridgehead atoms. The Morgan fingerprint density at radius 1 is 1.35 bits per heavy atom. The third kappa shape index (κ3) is 8.27. The maximum atomic E-state index is 11.6. The monoisotopic (exact) mass is 359 g/mol. The van der Waals surface area contributed by atoms with E-state index in [1.807, 2.05) is 26.8 Å². The van der Waals surface area contributed by atoms with Crippen molar-refractivity contribution < 1.29 is 19.1 Å². The summed E-state index contributed by atoms with van der Waals surface area (Å²) in [6.07, 6.45) is 1.16. The molecule has 1 N–H and O–H groups in total. The molecular formula is C16H25NO4S2. The van der Waals surface area contributed by atoms with Crippen LogP contribution in [0.25, 0.3) is 0 Å². The Balaban J connectivity index is 2.32. The largest absolute Gasteiger partial charge is 0.462 e. The van der Waals surface area contributed by atoms with Gasteiger partial charge in [-0.25, -0.2) is 9.59 Å². The number of ether oxygens (including phenoxy) is 2. The molecule has 0 aromatic carbocycles. The summed E-state index contributed by atoms with van der Waals surface area (Å²) >= 11 is 5.90. The van der Waals surface area contributed by atoms with E-state index in [4.69, 9.17) is 9.47 Å². The number of thiophene rings is 1. The van der Waals surface area contributed by atoms with Gasteiger partial charge >= 0.3 is 12.1 Å². The van der Waals surface area contributed by atoms with Crippen LogP contribution in [0.15, 0.2) is 12.1 Å². The van der Waals surface area contributed by atoms with Gasteiger partial charge in [-0.2, -0.15) is 12.6 Å². The molecule has 0 aliphatic carbocycles. The van der Waals surface area contributed by atoms with E-state index in [0.29, 0.717) is 18.0 Å². The zero-order valence-electron chi connectivity index (χ0n) is 14.0. The molecule has 0 aliphatic heterocycles. The average molecular weight is 360 g/mol. The molecule has 0 spiro atoms. The third-order valence-electron chi connectivity index (χ3n) is 2.74. The van der Waals surface area contributed by atoms with Gasteiger partial charge in [-0.05, 0) is 52.7 Å². The average Bonchev–Trinajstić information content (AvgIpc) is 2.90. The Morgan fingerprint density at radius 3 is 2.65 bits per heavy atom. The Bertz CT molecular complexity index is 522. The van der Waals surface area contributed by atoms with Gasteiger partial charge in [0.05, 0.1) is 6.61 Å². The van der Waals surface area contributed by atoms with Crippen molar-refractivity contribution in [1.82, 2.24) is 5.32 Å². The van der Waals surface area contributed by atoms with E-state index in [1.165, 1.54) is 11.3 Å². The lowest BCUT2D eigenvalue weighted by molar-refractivity contribution is 0.0519. The second kappa shape index (κ2) is 9.17. The number of hydrogen-bond acceptors (Lipinski definition) is 6. The smallest absolute Gasteiger partial charge is 0.407 e. The van der Waals surface area contributed by atoms with Crippen LogP contribution in [0.1, 0.15) is 48.7 Å². The molecule has 7 heteroatoms. The first kappa shape index (κ1) is 19.8. The van der Waals surface area contributed by atoms with E-state index in [9.17, 15) is 9.59 Å². The molecule has 1 atom stereocenters. The van der Waals surface area contributed by atoms with Crippen LogP contribution in [-0.4, -0.2) is 36.1 Å². The van der Waals surface area contributed by atoms with Crippen LogP contribution in [0.2, 0.25) is 0 Å². The third-order valence-corrected chi connectivity index (χ3v) is 4.31. The van der Waals surface area contributed by atoms with Gasteiger partial charge in [-0.15, -0.1) is 11.3 Å². The van der Waals surface area contributed by atoms with Gasteiger partial charge in [-0.3, -0.25) is 0 Å². The molecule has 0 radical (unpaired) electrons. The molecule has 23 heavy (non-hydrogen) atoms. The highest BCUT2D eigenvalue weighted by atomic mass is 32.1. The molecule has 0 fully saturated rings. The first-order valence-corrected chi connectivity index (χ1v) is 8.95. The number of esters is 1. The highest BCUT2D eigenvalue weighted by Gasteiger charge is 2.17. The SMILES string of the molecule is CCOC(=O)c1ccc(CC[C@@H](S)CNC(=O)OC(C)(C)C)s1. The summed E-state index contributed by atoms with van der Waals surface area (Å²) in [5, 5.41) is 2.73. The van der Waals surface area contributed by atoms with Gasteiger partial charge in [0.15, 0.2) is 0 Å². The number of amides is 1. The zero-order valence-corrected chi connectivity index (χ0v) is 15.8. The minimum Gasteiger partial charge on any atom is -0.462 e. The normalized spacial score (nSPS) is 12.6. The van der Waals surface area contributed by atoms with Crippen LogP contribution in [0.3, 0.4) is 0 Å². The molecule has 0 aliphatic rings. The van der Waals surface area contributed by atoms with Crippen molar-refractivity contribution in [3.05, 3.63) is 21.9 Å². The zero-order chi connectivity index (χ0) is 17.5. The number of rotatable bonds is 7. The summed E-state index contributed by atoms with van der Waals surface area (Å²) < 4.78 is 10.1. The number of carbonyl (C=O) groups is 2. The van der Waals surface area contributed by atoms with Crippen molar-refractivity contribution in [2.75, 3.05) is 13.2 Å². The lowest BCUT2D eigenvalue weighted by Gasteiger charge is -2.20. The minimum atomic E-state index is -0.503. The second-order valence-electron chi connectivity index (χ2n) is 6.06. The van der Waals surface area contributed by atoms with E-state index in [-0.39, 0.29) is 11.2 Å². The van der Waals surface area contributed by atoms with Crippen LogP contribution >= 0.6 is 24.0 Å². The highest BCUT2D eigenvalue weighted by molar-refractivity contribution is 7.81. The molecule has 1 rings (SSSR count). The molecule has 1 amide bonds. The van der Waals surface area contributed by atoms with E-state index < -0.39 is 11.7 Å². The van der Waals surface area contributed by atoms with Gasteiger partial charge in [0.1, 0.15) is 10.5 Å². The minimum absolute atomic E-state index is 0.0238. The Kier molecular flexibility index (Phi) is 7.91. The number of carbonyl (C=O) groups excluding carboxylic acids is 2. The van der Waals surface area contributed by atoms with E-state index >= 15 is 0 Å². The van der Waals surface area contributed by atoms with Crippen molar-refractivity contribution in [2.24, 2.45) is 0 Å². The van der Waals surface area contributed by atoms with Crippen molar-refractivity contribution in [2.45, 2.75) is 51.4 Å². The fourth-order valence-electron chi connectivity index (χ4n) is 1.75. The van der Waals surface area contributed by atoms with Crippen molar-refractivity contribution in [3.63, 3.8) is 0 Å². The summed E-state index contributed by atoms with van der Waals surface area (Å²) in [5.74, 6) is -0.280. The highest BCUT2D eigenvalue weighted by Crippen LogP contribution is 2.20. The van der Waals surface area contributed by atoms with Crippen LogP contribution in [0, 0.1) is 0 Å². The molecule has 5 nitrogen and oxygen atoms in total. The summed E-state index contributed by atoms with van der Waals surface area (Å²) in [7, 11) is 0. The van der Waals surface area contributed by atoms with Gasteiger partial charge in [0.25, 0.3) is 0 Å². The predicted octanol–water partition coefficient (Wildman–Crippen LogP) is 3.68. The predicted molar refractivity (Wildman–Crippen MR) is 95.6 cm³/mol. The molecule has 130 valence electrons. The maximum absolute atomic E-state index is 11.6. The molecule has 1 aromatic heterocycles. The van der Waals surface area contributed by atoms with Crippen molar-refractivity contribution >= 4 is 36.0 Å². The molecule has 0 saturated carbocycles. The Morgan fingerprint density at radius 2 is 2.04 bits per heavy atom. The Hall–Kier alpha value is -1.21. The number of thiol groups is 1. The summed E-state index contributed by atoms with van der Waals surface area (Å²) in [6.45, 7) is 8.07. The van der Waals surface area contributed by atoms with Gasteiger partial charge < -0.3 is 14.8 Å². The lowest BCUT2D eigenvalue weighted by atomic mass is 10.2. The van der Waals surface area contributed by atoms with Gasteiger partial charge in [-0.1, -0.05) is 0 Å². The topological polar surface area (TPSA) is 64.6 Å². The van der Waals surface area contributed by atoms with E-state index in [2.05, 4.69) is 17.9 Å². The summed E-state index contributed by atoms with van der Waals surface area (Å²) in [4.78, 5) is 24.9. The number of nitrogens with one attached hydrogen (secondary N) is 1. The number of aryl methyl sites for hydroxylation is 1. The quantitative estimate of drug-likeness (QED) is 0.576. The van der Waals surface area contributed by atoms with Crippen LogP contribution in [-0.2, 0) is 15.9 Å². The van der Waals surface area contributed by atoms with Crippen LogP contribution in [0.4, 0.5) is 4.79 Å². The van der Waals surface area contributed by atoms with Crippen LogP contribution < -0.4 is 5.32 Å². The Labute approximate surface area is 147 Å². The fraction of sp³-hybridized carbons (Fsp3) is 0.625. The van der Waals surface area contributed by atoms with Crippen molar-refractivity contribution in [3.8, 4) is 0 Å². The van der Waals surface area contributed by atoms with E-state index in [1.54, 1.807) is 13.0 Å². The lowest BCUT2D eigenvalue weighted by Crippen LogP contribution is -2.35. The molecule has 1 aromatic rings. The molecule has 0 saturated heterocycles. The number of hydrogen-bond donors (Lipinski definition) is 2. The standard InChI is InChI=1S/C16H25NO4S2/c1-5-20-14(18)13-9-8-12(23-13)7-6-11(22)10-17-15(19)21-16(2,3)4/h8-9,11,22H,5-7,10H2,1-4H3,(H,17,19)/t11-/m1/s1. The van der Waals surface area contributed by atoms with Gasteiger partial charge in [0.2, 0.25) is 0 Å². The fourth-order valence-corrected chi connectivity index (χ4v) is 2.89. The van der Waals surface area contributed by atoms with Crippen molar-refractivity contribution in [1.29, 1.82) is 0 Å². The van der Waals surface area contributed by atoms with Crippen LogP contribution in [0.5, 0.6) is 0 Å². The summed E-state index contributed by atoms with van der Waals surface area (Å²) in [5.41, 5.74) is -0.503. The molecule has 0 unspecified atom stereocenters. The molecular weight excluding hydrogens is 334 g/mol. The van der Waals surface area contributed by atoms with Gasteiger partial charge in [0, 0.05) is 16.7 Å². The first-order chi connectivity index (χ1) is 10.7. The summed E-state index contributed by atoms with van der Waals surface area (Å²) in [6, 6.07) is 3.71. The van der Waals surface area contributed by atoms with E-state index in [0.717, 1.165) is 17.7 Å². The first-order valence-electron chi connectivity index (χ1n) is 7.62. The maximum Gasteiger partial charge on any atom is 0.407 e. The second-order valence-corrected chi connectivity index (χ2v) is 7.96. The number of alkyl carbamates (subject to hydrolysis) is 1. The molecule has 1 heterocycles.